The van der Waals surface area contributed by atoms with Crippen LogP contribution in [0.3, 0.4) is 0 Å². The van der Waals surface area contributed by atoms with Crippen molar-refractivity contribution in [2.75, 3.05) is 0 Å². The van der Waals surface area contributed by atoms with Crippen molar-refractivity contribution in [1.82, 2.24) is 9.55 Å². The molecule has 0 atom stereocenters. The number of alkyl halides is 2. The fourth-order valence-electron chi connectivity index (χ4n) is 1.65. The Kier molecular flexibility index (Phi) is 4.21. The standard InChI is InChI=1S/C12H9F2N3O4/c13-12(14)16-4-3-15-11(16)7-21-10-5-8(6-18)1-2-9(10)17(19)20/h1-6,12H,7H2. The van der Waals surface area contributed by atoms with Crippen LogP contribution < -0.4 is 4.74 Å². The predicted octanol–water partition coefficient (Wildman–Crippen LogP) is 2.58. The molecule has 0 amide bonds. The molecule has 9 heteroatoms. The molecule has 0 fully saturated rings. The zero-order chi connectivity index (χ0) is 15.4. The maximum atomic E-state index is 12.6. The Hall–Kier alpha value is -2.84. The first-order valence-corrected chi connectivity index (χ1v) is 5.69. The molecule has 2 aromatic rings. The van der Waals surface area contributed by atoms with Crippen LogP contribution in [0.1, 0.15) is 22.7 Å². The second-order valence-electron chi connectivity index (χ2n) is 3.92. The van der Waals surface area contributed by atoms with Gasteiger partial charge >= 0.3 is 12.2 Å². The van der Waals surface area contributed by atoms with Crippen LogP contribution >= 0.6 is 0 Å². The van der Waals surface area contributed by atoms with E-state index in [-0.39, 0.29) is 29.4 Å². The summed E-state index contributed by atoms with van der Waals surface area (Å²) >= 11 is 0. The number of hydrogen-bond acceptors (Lipinski definition) is 5. The van der Waals surface area contributed by atoms with Crippen molar-refractivity contribution >= 4 is 12.0 Å². The van der Waals surface area contributed by atoms with Gasteiger partial charge < -0.3 is 4.74 Å². The van der Waals surface area contributed by atoms with Crippen LogP contribution in [-0.2, 0) is 6.61 Å². The van der Waals surface area contributed by atoms with Gasteiger partial charge in [-0.2, -0.15) is 8.78 Å². The van der Waals surface area contributed by atoms with E-state index in [0.717, 1.165) is 12.3 Å². The van der Waals surface area contributed by atoms with Crippen molar-refractivity contribution in [3.8, 4) is 5.75 Å². The fourth-order valence-corrected chi connectivity index (χ4v) is 1.65. The third-order valence-corrected chi connectivity index (χ3v) is 2.63. The van der Waals surface area contributed by atoms with Gasteiger partial charge in [0.1, 0.15) is 12.9 Å². The van der Waals surface area contributed by atoms with Crippen LogP contribution in [0.15, 0.2) is 30.6 Å². The summed E-state index contributed by atoms with van der Waals surface area (Å²) in [6, 6.07) is 3.54. The monoisotopic (exact) mass is 297 g/mol. The minimum absolute atomic E-state index is 0.0872. The van der Waals surface area contributed by atoms with Gasteiger partial charge in [-0.3, -0.25) is 19.5 Å². The first-order chi connectivity index (χ1) is 10.0. The molecule has 0 aliphatic heterocycles. The molecular formula is C12H9F2N3O4. The summed E-state index contributed by atoms with van der Waals surface area (Å²) in [4.78, 5) is 24.5. The zero-order valence-corrected chi connectivity index (χ0v) is 10.5. The van der Waals surface area contributed by atoms with Crippen molar-refractivity contribution in [1.29, 1.82) is 0 Å². The van der Waals surface area contributed by atoms with E-state index in [1.54, 1.807) is 0 Å². The highest BCUT2D eigenvalue weighted by Crippen LogP contribution is 2.28. The van der Waals surface area contributed by atoms with E-state index in [4.69, 9.17) is 4.74 Å². The number of ether oxygens (including phenoxy) is 1. The van der Waals surface area contributed by atoms with Crippen LogP contribution in [0.25, 0.3) is 0 Å². The number of hydrogen-bond donors (Lipinski definition) is 0. The Balaban J connectivity index is 2.24. The summed E-state index contributed by atoms with van der Waals surface area (Å²) in [5.74, 6) is -0.274. The van der Waals surface area contributed by atoms with Crippen molar-refractivity contribution in [3.05, 3.63) is 52.1 Å². The number of benzene rings is 1. The molecule has 0 radical (unpaired) electrons. The van der Waals surface area contributed by atoms with Gasteiger partial charge in [0, 0.05) is 24.0 Å². The molecule has 0 saturated carbocycles. The number of carbonyl (C=O) groups excluding carboxylic acids is 1. The Morgan fingerprint density at radius 3 is 2.86 bits per heavy atom. The molecule has 0 unspecified atom stereocenters. The minimum Gasteiger partial charge on any atom is -0.479 e. The Labute approximate surface area is 116 Å². The van der Waals surface area contributed by atoms with Gasteiger partial charge in [-0.15, -0.1) is 0 Å². The maximum Gasteiger partial charge on any atom is 0.320 e. The first-order valence-electron chi connectivity index (χ1n) is 5.69. The molecule has 0 aliphatic carbocycles. The number of aldehydes is 1. The van der Waals surface area contributed by atoms with Gasteiger partial charge in [-0.25, -0.2) is 4.98 Å². The van der Waals surface area contributed by atoms with Gasteiger partial charge in [0.25, 0.3) is 0 Å². The lowest BCUT2D eigenvalue weighted by Gasteiger charge is -2.09. The molecule has 0 spiro atoms. The van der Waals surface area contributed by atoms with Crippen LogP contribution in [0, 0.1) is 10.1 Å². The minimum atomic E-state index is -2.79. The summed E-state index contributed by atoms with van der Waals surface area (Å²) in [7, 11) is 0. The molecule has 7 nitrogen and oxygen atoms in total. The van der Waals surface area contributed by atoms with Crippen LogP contribution in [-0.4, -0.2) is 20.8 Å². The summed E-state index contributed by atoms with van der Waals surface area (Å²) < 4.78 is 31.0. The van der Waals surface area contributed by atoms with Crippen molar-refractivity contribution in [2.45, 2.75) is 13.2 Å². The molecule has 0 saturated heterocycles. The number of halogens is 2. The highest BCUT2D eigenvalue weighted by atomic mass is 19.3. The fraction of sp³-hybridized carbons (Fsp3) is 0.167. The summed E-state index contributed by atoms with van der Waals surface area (Å²) in [5, 5.41) is 10.9. The molecule has 21 heavy (non-hydrogen) atoms. The summed E-state index contributed by atoms with van der Waals surface area (Å²) in [5.41, 5.74) is -0.191. The van der Waals surface area contributed by atoms with E-state index in [1.165, 1.54) is 18.3 Å². The molecule has 0 aliphatic rings. The molecule has 2 rings (SSSR count). The SMILES string of the molecule is O=Cc1ccc([N+](=O)[O-])c(OCc2nccn2C(F)F)c1. The molecule has 110 valence electrons. The number of imidazole rings is 1. The maximum absolute atomic E-state index is 12.6. The van der Waals surface area contributed by atoms with Crippen LogP contribution in [0.2, 0.25) is 0 Å². The Morgan fingerprint density at radius 2 is 2.24 bits per heavy atom. The van der Waals surface area contributed by atoms with E-state index in [2.05, 4.69) is 4.98 Å². The molecule has 0 bridgehead atoms. The normalized spacial score (nSPS) is 10.6. The number of aromatic nitrogens is 2. The molecule has 1 aromatic carbocycles. The van der Waals surface area contributed by atoms with Gasteiger partial charge in [0.05, 0.1) is 4.92 Å². The number of nitro groups is 1. The van der Waals surface area contributed by atoms with E-state index >= 15 is 0 Å². The van der Waals surface area contributed by atoms with E-state index in [0.29, 0.717) is 10.9 Å². The topological polar surface area (TPSA) is 87.3 Å². The largest absolute Gasteiger partial charge is 0.479 e. The third-order valence-electron chi connectivity index (χ3n) is 2.63. The second kappa shape index (κ2) is 6.07. The van der Waals surface area contributed by atoms with Crippen molar-refractivity contribution in [3.63, 3.8) is 0 Å². The molecule has 0 N–H and O–H groups in total. The Morgan fingerprint density at radius 1 is 1.48 bits per heavy atom. The predicted molar refractivity (Wildman–Crippen MR) is 66.3 cm³/mol. The van der Waals surface area contributed by atoms with Gasteiger partial charge in [0.2, 0.25) is 0 Å². The highest BCUT2D eigenvalue weighted by molar-refractivity contribution is 5.76. The van der Waals surface area contributed by atoms with Gasteiger partial charge in [-0.05, 0) is 12.1 Å². The van der Waals surface area contributed by atoms with E-state index < -0.39 is 11.5 Å². The van der Waals surface area contributed by atoms with E-state index in [9.17, 15) is 23.7 Å². The lowest BCUT2D eigenvalue weighted by Crippen LogP contribution is -2.08. The van der Waals surface area contributed by atoms with Crippen molar-refractivity contribution in [2.24, 2.45) is 0 Å². The van der Waals surface area contributed by atoms with Crippen molar-refractivity contribution < 1.29 is 23.2 Å². The number of rotatable bonds is 6. The second-order valence-corrected chi connectivity index (χ2v) is 3.92. The number of carbonyl (C=O) groups is 1. The van der Waals surface area contributed by atoms with Crippen LogP contribution in [0.5, 0.6) is 5.75 Å². The zero-order valence-electron chi connectivity index (χ0n) is 10.5. The molecule has 1 heterocycles. The average Bonchev–Trinajstić information content (AvgIpc) is 2.93. The third kappa shape index (κ3) is 3.19. The molecular weight excluding hydrogens is 288 g/mol. The Bertz CT molecular complexity index is 672. The van der Waals surface area contributed by atoms with E-state index in [1.807, 2.05) is 0 Å². The average molecular weight is 297 g/mol. The smallest absolute Gasteiger partial charge is 0.320 e. The van der Waals surface area contributed by atoms with Gasteiger partial charge in [0.15, 0.2) is 11.6 Å². The molecule has 1 aromatic heterocycles. The van der Waals surface area contributed by atoms with Gasteiger partial charge in [-0.1, -0.05) is 0 Å². The summed E-state index contributed by atoms with van der Waals surface area (Å²) in [6.45, 7) is -3.18. The van der Waals surface area contributed by atoms with Crippen LogP contribution in [0.4, 0.5) is 14.5 Å². The number of nitrogens with zero attached hydrogens (tertiary/aromatic N) is 3. The highest BCUT2D eigenvalue weighted by Gasteiger charge is 2.18. The number of nitro benzene ring substituents is 1. The quantitative estimate of drug-likeness (QED) is 0.464. The lowest BCUT2D eigenvalue weighted by molar-refractivity contribution is -0.386. The summed E-state index contributed by atoms with van der Waals surface area (Å²) in [6.07, 6.45) is 2.73. The first kappa shape index (κ1) is 14.6. The lowest BCUT2D eigenvalue weighted by atomic mass is 10.2.